The van der Waals surface area contributed by atoms with E-state index >= 15 is 0 Å². The second-order valence-corrected chi connectivity index (χ2v) is 0. The van der Waals surface area contributed by atoms with Crippen molar-refractivity contribution >= 4 is 12.4 Å². The van der Waals surface area contributed by atoms with Crippen LogP contribution >= 0.6 is 12.4 Å². The van der Waals surface area contributed by atoms with Crippen LogP contribution in [-0.2, 0) is 0 Å². The zero-order valence-electron chi connectivity index (χ0n) is 4.91. The molecule has 0 aromatic carbocycles. The van der Waals surface area contributed by atoms with Gasteiger partial charge in [-0.25, -0.2) is 0 Å². The van der Waals surface area contributed by atoms with Crippen molar-refractivity contribution in [3.63, 3.8) is 0 Å². The molecule has 0 atom stereocenters. The Balaban J connectivity index is 0. The molecule has 0 saturated heterocycles. The summed E-state index contributed by atoms with van der Waals surface area (Å²) in [4.78, 5) is 0. The average molecular weight is 135 g/mol. The maximum atomic E-state index is 0. The molecular weight excluding hydrogens is 130 g/mol. The first-order chi connectivity index (χ1) is 0. The molecule has 4 heteroatoms. The zero-order chi connectivity index (χ0) is 0. The van der Waals surface area contributed by atoms with Gasteiger partial charge in [0, 0.05) is 0 Å². The summed E-state index contributed by atoms with van der Waals surface area (Å²) in [5.74, 6) is 0. The molecule has 0 rings (SSSR count). The molecule has 0 aliphatic carbocycles. The fraction of sp³-hybridized carbons (Fsp3) is 0. The van der Waals surface area contributed by atoms with Crippen molar-refractivity contribution in [2.45, 2.75) is 0 Å². The SMILES string of the molecule is Cl.O.[H-].[H-].[K+].[K+]. The molecule has 0 bridgehead atoms. The van der Waals surface area contributed by atoms with Crippen molar-refractivity contribution in [1.29, 1.82) is 0 Å². The maximum absolute atomic E-state index is 0. The van der Waals surface area contributed by atoms with Crippen molar-refractivity contribution in [3.05, 3.63) is 0 Å². The summed E-state index contributed by atoms with van der Waals surface area (Å²) in [6.45, 7) is 0. The predicted octanol–water partition coefficient (Wildman–Crippen LogP) is -6.17. The smallest absolute Gasteiger partial charge is 1.00 e. The first-order valence-electron chi connectivity index (χ1n) is 0. The van der Waals surface area contributed by atoms with Gasteiger partial charge in [-0.15, -0.1) is 12.4 Å². The minimum Gasteiger partial charge on any atom is -1.00 e. The van der Waals surface area contributed by atoms with Crippen LogP contribution in [0.3, 0.4) is 0 Å². The van der Waals surface area contributed by atoms with E-state index in [2.05, 4.69) is 0 Å². The Morgan fingerprint density at radius 1 is 1.00 bits per heavy atom. The van der Waals surface area contributed by atoms with Gasteiger partial charge in [-0.3, -0.25) is 0 Å². The van der Waals surface area contributed by atoms with Crippen molar-refractivity contribution < 1.29 is 111 Å². The van der Waals surface area contributed by atoms with E-state index in [-0.39, 0.29) is 124 Å². The molecule has 0 aromatic heterocycles. The second kappa shape index (κ2) is 16.0. The first-order valence-corrected chi connectivity index (χ1v) is 0. The van der Waals surface area contributed by atoms with E-state index in [1.807, 2.05) is 0 Å². The molecule has 2 N–H and O–H groups in total. The third kappa shape index (κ3) is 9.10. The van der Waals surface area contributed by atoms with Gasteiger partial charge in [0.15, 0.2) is 0 Å². The van der Waals surface area contributed by atoms with Gasteiger partial charge in [-0.2, -0.15) is 0 Å². The molecule has 0 radical (unpaired) electrons. The van der Waals surface area contributed by atoms with E-state index in [1.165, 1.54) is 0 Å². The summed E-state index contributed by atoms with van der Waals surface area (Å²) in [5, 5.41) is 0. The Labute approximate surface area is 120 Å². The molecule has 20 valence electrons. The Hall–Kier alpha value is 3.52. The fourth-order valence-electron chi connectivity index (χ4n) is 0. The number of rotatable bonds is 0. The molecule has 0 aliphatic rings. The molecule has 0 spiro atoms. The van der Waals surface area contributed by atoms with Crippen molar-refractivity contribution in [1.82, 2.24) is 0 Å². The van der Waals surface area contributed by atoms with E-state index in [9.17, 15) is 0 Å². The van der Waals surface area contributed by atoms with Gasteiger partial charge < -0.3 is 8.33 Å². The van der Waals surface area contributed by atoms with Crippen LogP contribution in [0, 0.1) is 0 Å². The van der Waals surface area contributed by atoms with Crippen LogP contribution in [-0.4, -0.2) is 5.48 Å². The molecule has 0 aromatic rings. The monoisotopic (exact) mass is 134 g/mol. The Bertz CT molecular complexity index is 11.5. The minimum absolute atomic E-state index is 0. The van der Waals surface area contributed by atoms with Crippen LogP contribution in [0.1, 0.15) is 2.85 Å². The summed E-state index contributed by atoms with van der Waals surface area (Å²) in [5.41, 5.74) is 0. The standard InChI is InChI=1S/ClH.2K.H2O.2H/h1H;;;1H2;;/q;2*+1;;2*-1. The molecule has 0 aliphatic heterocycles. The van der Waals surface area contributed by atoms with Crippen LogP contribution < -0.4 is 103 Å². The van der Waals surface area contributed by atoms with Crippen LogP contribution in [0.25, 0.3) is 0 Å². The second-order valence-electron chi connectivity index (χ2n) is 0. The van der Waals surface area contributed by atoms with Gasteiger partial charge in [0.1, 0.15) is 0 Å². The summed E-state index contributed by atoms with van der Waals surface area (Å²) < 4.78 is 0. The van der Waals surface area contributed by atoms with Gasteiger partial charge in [0.25, 0.3) is 0 Å². The largest absolute Gasteiger partial charge is 1.00 e. The summed E-state index contributed by atoms with van der Waals surface area (Å²) in [6, 6.07) is 0. The first kappa shape index (κ1) is 25.8. The van der Waals surface area contributed by atoms with Crippen molar-refractivity contribution in [2.24, 2.45) is 0 Å². The zero-order valence-corrected chi connectivity index (χ0v) is 9.97. The predicted molar refractivity (Wildman–Crippen MR) is 13.1 cm³/mol. The van der Waals surface area contributed by atoms with Gasteiger partial charge in [0.05, 0.1) is 0 Å². The van der Waals surface area contributed by atoms with Crippen LogP contribution in [0.15, 0.2) is 0 Å². The van der Waals surface area contributed by atoms with Crippen molar-refractivity contribution in [3.8, 4) is 0 Å². The summed E-state index contributed by atoms with van der Waals surface area (Å²) in [6.07, 6.45) is 0. The molecule has 0 fully saturated rings. The molecule has 0 unspecified atom stereocenters. The van der Waals surface area contributed by atoms with Crippen LogP contribution in [0.5, 0.6) is 0 Å². The van der Waals surface area contributed by atoms with E-state index < -0.39 is 0 Å². The van der Waals surface area contributed by atoms with Crippen molar-refractivity contribution in [2.75, 3.05) is 0 Å². The Morgan fingerprint density at radius 2 is 1.00 bits per heavy atom. The molecule has 0 saturated carbocycles. The molecule has 0 heterocycles. The quantitative estimate of drug-likeness (QED) is 0.296. The topological polar surface area (TPSA) is 31.5 Å². The maximum Gasteiger partial charge on any atom is 1.00 e. The molecule has 4 heavy (non-hydrogen) atoms. The van der Waals surface area contributed by atoms with Gasteiger partial charge in [-0.1, -0.05) is 0 Å². The summed E-state index contributed by atoms with van der Waals surface area (Å²) >= 11 is 0. The Morgan fingerprint density at radius 3 is 1.00 bits per heavy atom. The molecule has 0 amide bonds. The van der Waals surface area contributed by atoms with Crippen LogP contribution in [0.4, 0.5) is 0 Å². The minimum atomic E-state index is 0. The van der Waals surface area contributed by atoms with E-state index in [0.29, 0.717) is 0 Å². The number of hydrogen-bond donors (Lipinski definition) is 0. The third-order valence-corrected chi connectivity index (χ3v) is 0. The number of halogens is 1. The van der Waals surface area contributed by atoms with E-state index in [0.717, 1.165) is 0 Å². The summed E-state index contributed by atoms with van der Waals surface area (Å²) in [7, 11) is 0. The van der Waals surface area contributed by atoms with Gasteiger partial charge >= 0.3 is 103 Å². The third-order valence-electron chi connectivity index (χ3n) is 0. The van der Waals surface area contributed by atoms with E-state index in [1.54, 1.807) is 0 Å². The number of hydrogen-bond acceptors (Lipinski definition) is 0. The Kier molecular flexibility index (Phi) is 103. The normalized spacial score (nSPS) is 0. The molecular formula is H5ClK2O. The van der Waals surface area contributed by atoms with Crippen LogP contribution in [0.2, 0.25) is 0 Å². The fourth-order valence-corrected chi connectivity index (χ4v) is 0. The molecule has 1 nitrogen and oxygen atoms in total. The van der Waals surface area contributed by atoms with Gasteiger partial charge in [0.2, 0.25) is 0 Å². The average Bonchev–Trinajstić information content (AvgIpc) is 0. The van der Waals surface area contributed by atoms with E-state index in [4.69, 9.17) is 0 Å². The van der Waals surface area contributed by atoms with Gasteiger partial charge in [-0.05, 0) is 0 Å².